The van der Waals surface area contributed by atoms with Gasteiger partial charge in [-0.3, -0.25) is 9.59 Å². The summed E-state index contributed by atoms with van der Waals surface area (Å²) >= 11 is 5.71. The van der Waals surface area contributed by atoms with Gasteiger partial charge in [-0.2, -0.15) is 0 Å². The molecule has 0 bridgehead atoms. The predicted octanol–water partition coefficient (Wildman–Crippen LogP) is 3.38. The molecule has 0 aliphatic rings. The lowest BCUT2D eigenvalue weighted by molar-refractivity contribution is -0.153. The Hall–Kier alpha value is -2.47. The Morgan fingerprint density at radius 3 is 2.58 bits per heavy atom. The van der Waals surface area contributed by atoms with Crippen LogP contribution in [0.25, 0.3) is 0 Å². The van der Waals surface area contributed by atoms with Crippen LogP contribution in [0.3, 0.4) is 0 Å². The summed E-state index contributed by atoms with van der Waals surface area (Å²) in [7, 11) is 0. The molecule has 0 spiro atoms. The number of anilines is 1. The number of aromatic nitrogens is 1. The molecule has 0 saturated heterocycles. The number of carbonyl (C=O) groups is 2. The van der Waals surface area contributed by atoms with Crippen LogP contribution in [0, 0.1) is 5.82 Å². The highest BCUT2D eigenvalue weighted by Crippen LogP contribution is 2.11. The molecule has 0 radical (unpaired) electrons. The number of hydrogen-bond acceptors (Lipinski definition) is 4. The molecule has 1 N–H and O–H groups in total. The molecule has 0 unspecified atom stereocenters. The lowest BCUT2D eigenvalue weighted by Crippen LogP contribution is -2.30. The number of halogens is 2. The third-order valence-corrected chi connectivity index (χ3v) is 3.41. The van der Waals surface area contributed by atoms with Crippen molar-refractivity contribution in [2.24, 2.45) is 0 Å². The summed E-state index contributed by atoms with van der Waals surface area (Å²) in [6, 6.07) is 8.99. The number of nitrogens with zero attached hydrogens (tertiary/aromatic N) is 1. The minimum atomic E-state index is -0.955. The SMILES string of the molecule is C[C@H](OC(=O)CCc1ccc(F)cc1)C(=O)Nc1ccc(Cl)cn1. The van der Waals surface area contributed by atoms with Crippen molar-refractivity contribution in [3.63, 3.8) is 0 Å². The number of amides is 1. The monoisotopic (exact) mass is 350 g/mol. The summed E-state index contributed by atoms with van der Waals surface area (Å²) in [6.45, 7) is 1.47. The largest absolute Gasteiger partial charge is 0.453 e. The minimum absolute atomic E-state index is 0.0997. The van der Waals surface area contributed by atoms with Crippen molar-refractivity contribution in [2.45, 2.75) is 25.9 Å². The fourth-order valence-corrected chi connectivity index (χ4v) is 2.00. The van der Waals surface area contributed by atoms with Crippen LogP contribution in [0.5, 0.6) is 0 Å². The highest BCUT2D eigenvalue weighted by molar-refractivity contribution is 6.30. The maximum atomic E-state index is 12.8. The van der Waals surface area contributed by atoms with E-state index in [-0.39, 0.29) is 12.2 Å². The first-order valence-corrected chi connectivity index (χ1v) is 7.68. The van der Waals surface area contributed by atoms with Gasteiger partial charge in [-0.05, 0) is 43.2 Å². The van der Waals surface area contributed by atoms with E-state index in [1.165, 1.54) is 25.3 Å². The Morgan fingerprint density at radius 2 is 1.96 bits per heavy atom. The Labute approximate surface area is 143 Å². The number of benzene rings is 1. The van der Waals surface area contributed by atoms with Crippen LogP contribution in [0.4, 0.5) is 10.2 Å². The lowest BCUT2D eigenvalue weighted by atomic mass is 10.1. The maximum Gasteiger partial charge on any atom is 0.306 e. The van der Waals surface area contributed by atoms with E-state index in [0.717, 1.165) is 5.56 Å². The first kappa shape index (κ1) is 17.9. The van der Waals surface area contributed by atoms with Gasteiger partial charge in [0.2, 0.25) is 0 Å². The smallest absolute Gasteiger partial charge is 0.306 e. The Morgan fingerprint density at radius 1 is 1.25 bits per heavy atom. The number of hydrogen-bond donors (Lipinski definition) is 1. The van der Waals surface area contributed by atoms with E-state index in [1.807, 2.05) is 0 Å². The van der Waals surface area contributed by atoms with Crippen molar-refractivity contribution < 1.29 is 18.7 Å². The summed E-state index contributed by atoms with van der Waals surface area (Å²) < 4.78 is 17.9. The van der Waals surface area contributed by atoms with Gasteiger partial charge in [-0.1, -0.05) is 23.7 Å². The van der Waals surface area contributed by atoms with Gasteiger partial charge in [0.05, 0.1) is 5.02 Å². The summed E-state index contributed by atoms with van der Waals surface area (Å²) in [5.41, 5.74) is 0.816. The second kappa shape index (κ2) is 8.40. The second-order valence-electron chi connectivity index (χ2n) is 5.11. The van der Waals surface area contributed by atoms with Crippen molar-refractivity contribution in [1.82, 2.24) is 4.98 Å². The van der Waals surface area contributed by atoms with E-state index < -0.39 is 18.0 Å². The van der Waals surface area contributed by atoms with Crippen LogP contribution in [0.2, 0.25) is 5.02 Å². The third kappa shape index (κ3) is 5.62. The fraction of sp³-hybridized carbons (Fsp3) is 0.235. The molecular weight excluding hydrogens is 335 g/mol. The molecule has 1 amide bonds. The van der Waals surface area contributed by atoms with Crippen LogP contribution in [0.1, 0.15) is 18.9 Å². The summed E-state index contributed by atoms with van der Waals surface area (Å²) in [5, 5.41) is 2.98. The van der Waals surface area contributed by atoms with E-state index in [0.29, 0.717) is 17.3 Å². The molecule has 1 heterocycles. The molecule has 5 nitrogen and oxygen atoms in total. The molecule has 0 saturated carbocycles. The van der Waals surface area contributed by atoms with E-state index in [9.17, 15) is 14.0 Å². The van der Waals surface area contributed by atoms with Gasteiger partial charge in [0.1, 0.15) is 11.6 Å². The zero-order valence-electron chi connectivity index (χ0n) is 13.0. The standard InChI is InChI=1S/C17H16ClFN2O3/c1-11(17(23)21-15-8-5-13(18)10-20-15)24-16(22)9-4-12-2-6-14(19)7-3-12/h2-3,5-8,10-11H,4,9H2,1H3,(H,20,21,23)/t11-/m0/s1. The Kier molecular flexibility index (Phi) is 6.26. The average Bonchev–Trinajstić information content (AvgIpc) is 2.56. The zero-order valence-corrected chi connectivity index (χ0v) is 13.7. The molecule has 126 valence electrons. The Bertz CT molecular complexity index is 705. The molecule has 0 aliphatic heterocycles. The number of rotatable bonds is 6. The van der Waals surface area contributed by atoms with Crippen molar-refractivity contribution in [3.05, 3.63) is 59.0 Å². The van der Waals surface area contributed by atoms with Crippen LogP contribution in [-0.4, -0.2) is 23.0 Å². The van der Waals surface area contributed by atoms with Gasteiger partial charge < -0.3 is 10.1 Å². The van der Waals surface area contributed by atoms with Crippen molar-refractivity contribution in [3.8, 4) is 0 Å². The minimum Gasteiger partial charge on any atom is -0.453 e. The third-order valence-electron chi connectivity index (χ3n) is 3.19. The fourth-order valence-electron chi connectivity index (χ4n) is 1.88. The summed E-state index contributed by atoms with van der Waals surface area (Å²) in [4.78, 5) is 27.7. The van der Waals surface area contributed by atoms with Crippen molar-refractivity contribution in [1.29, 1.82) is 0 Å². The first-order chi connectivity index (χ1) is 11.4. The van der Waals surface area contributed by atoms with Gasteiger partial charge in [-0.25, -0.2) is 9.37 Å². The van der Waals surface area contributed by atoms with E-state index >= 15 is 0 Å². The van der Waals surface area contributed by atoms with Gasteiger partial charge in [-0.15, -0.1) is 0 Å². The van der Waals surface area contributed by atoms with Gasteiger partial charge in [0.15, 0.2) is 6.10 Å². The molecule has 0 fully saturated rings. The predicted molar refractivity (Wildman–Crippen MR) is 88.2 cm³/mol. The molecular formula is C17H16ClFN2O3. The van der Waals surface area contributed by atoms with E-state index in [1.54, 1.807) is 24.3 Å². The normalized spacial score (nSPS) is 11.6. The molecule has 1 atom stereocenters. The van der Waals surface area contributed by atoms with Crippen molar-refractivity contribution >= 4 is 29.3 Å². The molecule has 1 aromatic carbocycles. The number of ether oxygens (including phenoxy) is 1. The quantitative estimate of drug-likeness (QED) is 0.811. The number of carbonyl (C=O) groups excluding carboxylic acids is 2. The van der Waals surface area contributed by atoms with Gasteiger partial charge in [0, 0.05) is 12.6 Å². The molecule has 24 heavy (non-hydrogen) atoms. The van der Waals surface area contributed by atoms with Crippen LogP contribution < -0.4 is 5.32 Å². The lowest BCUT2D eigenvalue weighted by Gasteiger charge is -2.13. The van der Waals surface area contributed by atoms with E-state index in [4.69, 9.17) is 16.3 Å². The second-order valence-corrected chi connectivity index (χ2v) is 5.55. The van der Waals surface area contributed by atoms with E-state index in [2.05, 4.69) is 10.3 Å². The highest BCUT2D eigenvalue weighted by Gasteiger charge is 2.18. The number of nitrogens with one attached hydrogen (secondary N) is 1. The molecule has 0 aliphatic carbocycles. The molecule has 1 aromatic heterocycles. The van der Waals surface area contributed by atoms with Crippen LogP contribution in [0.15, 0.2) is 42.6 Å². The summed E-state index contributed by atoms with van der Waals surface area (Å²) in [6.07, 6.45) is 0.953. The number of esters is 1. The number of aryl methyl sites for hydroxylation is 1. The number of pyridine rings is 1. The topological polar surface area (TPSA) is 68.3 Å². The maximum absolute atomic E-state index is 12.8. The summed E-state index contributed by atoms with van der Waals surface area (Å²) in [5.74, 6) is -1.01. The van der Waals surface area contributed by atoms with Crippen LogP contribution >= 0.6 is 11.6 Å². The highest BCUT2D eigenvalue weighted by atomic mass is 35.5. The van der Waals surface area contributed by atoms with Gasteiger partial charge >= 0.3 is 5.97 Å². The molecule has 7 heteroatoms. The van der Waals surface area contributed by atoms with Crippen molar-refractivity contribution in [2.75, 3.05) is 5.32 Å². The average molecular weight is 351 g/mol. The Balaban J connectivity index is 1.78. The molecule has 2 aromatic rings. The molecule has 2 rings (SSSR count). The van der Waals surface area contributed by atoms with Gasteiger partial charge in [0.25, 0.3) is 5.91 Å². The first-order valence-electron chi connectivity index (χ1n) is 7.30. The van der Waals surface area contributed by atoms with Crippen LogP contribution in [-0.2, 0) is 20.7 Å². The zero-order chi connectivity index (χ0) is 17.5.